The van der Waals surface area contributed by atoms with Crippen molar-refractivity contribution in [3.63, 3.8) is 0 Å². The van der Waals surface area contributed by atoms with Crippen molar-refractivity contribution >= 4 is 0 Å². The SMILES string of the molecule is C=C(C)C1CCCCC1C(C)C(C)CCC. The first-order valence-corrected chi connectivity index (χ1v) is 7.23. The average molecular weight is 222 g/mol. The molecule has 4 unspecified atom stereocenters. The van der Waals surface area contributed by atoms with Crippen LogP contribution in [-0.2, 0) is 0 Å². The zero-order chi connectivity index (χ0) is 12.1. The van der Waals surface area contributed by atoms with E-state index < -0.39 is 0 Å². The van der Waals surface area contributed by atoms with Gasteiger partial charge in [0.15, 0.2) is 0 Å². The van der Waals surface area contributed by atoms with Crippen LogP contribution in [0, 0.1) is 23.7 Å². The van der Waals surface area contributed by atoms with Crippen molar-refractivity contribution in [2.75, 3.05) is 0 Å². The van der Waals surface area contributed by atoms with Gasteiger partial charge in [0.25, 0.3) is 0 Å². The van der Waals surface area contributed by atoms with Crippen LogP contribution < -0.4 is 0 Å². The molecule has 0 heteroatoms. The van der Waals surface area contributed by atoms with Crippen molar-refractivity contribution in [3.8, 4) is 0 Å². The van der Waals surface area contributed by atoms with Gasteiger partial charge in [-0.15, -0.1) is 0 Å². The third kappa shape index (κ3) is 3.37. The summed E-state index contributed by atoms with van der Waals surface area (Å²) in [6, 6.07) is 0. The van der Waals surface area contributed by atoms with Crippen LogP contribution in [0.5, 0.6) is 0 Å². The normalized spacial score (nSPS) is 29.8. The van der Waals surface area contributed by atoms with Gasteiger partial charge in [-0.25, -0.2) is 0 Å². The van der Waals surface area contributed by atoms with E-state index in [9.17, 15) is 0 Å². The molecule has 94 valence electrons. The molecular weight excluding hydrogens is 192 g/mol. The maximum atomic E-state index is 4.22. The zero-order valence-electron chi connectivity index (χ0n) is 11.8. The highest BCUT2D eigenvalue weighted by atomic mass is 14.4. The van der Waals surface area contributed by atoms with Crippen molar-refractivity contribution in [1.82, 2.24) is 0 Å². The molecule has 0 aromatic heterocycles. The summed E-state index contributed by atoms with van der Waals surface area (Å²) in [7, 11) is 0. The third-order valence-electron chi connectivity index (χ3n) is 4.77. The summed E-state index contributed by atoms with van der Waals surface area (Å²) in [4.78, 5) is 0. The third-order valence-corrected chi connectivity index (χ3v) is 4.77. The number of allylic oxidation sites excluding steroid dienone is 1. The fourth-order valence-electron chi connectivity index (χ4n) is 3.54. The Labute approximate surface area is 103 Å². The first-order valence-electron chi connectivity index (χ1n) is 7.23. The summed E-state index contributed by atoms with van der Waals surface area (Å²) < 4.78 is 0. The van der Waals surface area contributed by atoms with E-state index in [2.05, 4.69) is 34.3 Å². The van der Waals surface area contributed by atoms with Crippen molar-refractivity contribution in [2.24, 2.45) is 23.7 Å². The first kappa shape index (κ1) is 13.8. The molecule has 1 aliphatic rings. The molecule has 0 aromatic carbocycles. The maximum Gasteiger partial charge on any atom is -0.0178 e. The second kappa shape index (κ2) is 6.47. The minimum absolute atomic E-state index is 0.808. The van der Waals surface area contributed by atoms with E-state index in [1.807, 2.05) is 0 Å². The highest BCUT2D eigenvalue weighted by molar-refractivity contribution is 5.01. The minimum atomic E-state index is 0.808. The molecule has 0 aliphatic heterocycles. The fraction of sp³-hybridized carbons (Fsp3) is 0.875. The van der Waals surface area contributed by atoms with E-state index >= 15 is 0 Å². The Morgan fingerprint density at radius 2 is 1.88 bits per heavy atom. The lowest BCUT2D eigenvalue weighted by Crippen LogP contribution is -2.29. The molecule has 1 aliphatic carbocycles. The average Bonchev–Trinajstić information content (AvgIpc) is 2.28. The Bertz CT molecular complexity index is 216. The van der Waals surface area contributed by atoms with Crippen LogP contribution in [0.1, 0.15) is 66.2 Å². The number of hydrogen-bond acceptors (Lipinski definition) is 0. The van der Waals surface area contributed by atoms with Gasteiger partial charge >= 0.3 is 0 Å². The van der Waals surface area contributed by atoms with Crippen LogP contribution in [0.25, 0.3) is 0 Å². The van der Waals surface area contributed by atoms with Gasteiger partial charge in [-0.2, -0.15) is 0 Å². The van der Waals surface area contributed by atoms with Gasteiger partial charge in [0.2, 0.25) is 0 Å². The lowest BCUT2D eigenvalue weighted by molar-refractivity contribution is 0.149. The summed E-state index contributed by atoms with van der Waals surface area (Å²) >= 11 is 0. The van der Waals surface area contributed by atoms with E-state index in [1.54, 1.807) is 0 Å². The van der Waals surface area contributed by atoms with Crippen LogP contribution in [0.4, 0.5) is 0 Å². The van der Waals surface area contributed by atoms with Crippen molar-refractivity contribution in [1.29, 1.82) is 0 Å². The van der Waals surface area contributed by atoms with Crippen molar-refractivity contribution in [2.45, 2.75) is 66.2 Å². The van der Waals surface area contributed by atoms with E-state index in [4.69, 9.17) is 0 Å². The largest absolute Gasteiger partial charge is 0.0999 e. The first-order chi connectivity index (χ1) is 7.57. The molecule has 0 radical (unpaired) electrons. The predicted octanol–water partition coefficient (Wildman–Crippen LogP) is 5.44. The predicted molar refractivity (Wildman–Crippen MR) is 73.5 cm³/mol. The molecule has 0 aromatic rings. The molecule has 1 rings (SSSR count). The van der Waals surface area contributed by atoms with E-state index in [0.29, 0.717) is 0 Å². The molecule has 0 saturated heterocycles. The number of rotatable bonds is 5. The molecule has 1 saturated carbocycles. The van der Waals surface area contributed by atoms with Crippen molar-refractivity contribution in [3.05, 3.63) is 12.2 Å². The fourth-order valence-corrected chi connectivity index (χ4v) is 3.54. The lowest BCUT2D eigenvalue weighted by atomic mass is 9.67. The molecule has 0 N–H and O–H groups in total. The van der Waals surface area contributed by atoms with E-state index in [1.165, 1.54) is 44.1 Å². The molecular formula is C16H30. The summed E-state index contributed by atoms with van der Waals surface area (Å²) in [6.07, 6.45) is 8.41. The van der Waals surface area contributed by atoms with Crippen LogP contribution in [0.3, 0.4) is 0 Å². The molecule has 0 bridgehead atoms. The summed E-state index contributed by atoms with van der Waals surface area (Å²) in [6.45, 7) is 13.7. The molecule has 0 spiro atoms. The molecule has 0 amide bonds. The van der Waals surface area contributed by atoms with Gasteiger partial charge in [-0.3, -0.25) is 0 Å². The standard InChI is InChI=1S/C16H30/c1-6-9-13(4)14(5)16-11-8-7-10-15(16)12(2)3/h13-16H,2,6-11H2,1,3-5H3. The second-order valence-corrected chi connectivity index (χ2v) is 6.03. The molecule has 4 atom stereocenters. The summed E-state index contributed by atoms with van der Waals surface area (Å²) in [5, 5.41) is 0. The Morgan fingerprint density at radius 3 is 2.44 bits per heavy atom. The van der Waals surface area contributed by atoms with Crippen LogP contribution in [0.2, 0.25) is 0 Å². The summed E-state index contributed by atoms with van der Waals surface area (Å²) in [5.41, 5.74) is 1.43. The smallest absolute Gasteiger partial charge is 0.0178 e. The highest BCUT2D eigenvalue weighted by Gasteiger charge is 2.31. The van der Waals surface area contributed by atoms with Gasteiger partial charge in [0.1, 0.15) is 0 Å². The van der Waals surface area contributed by atoms with Gasteiger partial charge in [-0.05, 0) is 43.4 Å². The van der Waals surface area contributed by atoms with E-state index in [0.717, 1.165) is 23.7 Å². The van der Waals surface area contributed by atoms with Crippen LogP contribution in [-0.4, -0.2) is 0 Å². The van der Waals surface area contributed by atoms with Gasteiger partial charge in [0, 0.05) is 0 Å². The highest BCUT2D eigenvalue weighted by Crippen LogP contribution is 2.41. The van der Waals surface area contributed by atoms with Crippen molar-refractivity contribution < 1.29 is 0 Å². The zero-order valence-corrected chi connectivity index (χ0v) is 11.8. The number of hydrogen-bond donors (Lipinski definition) is 0. The summed E-state index contributed by atoms with van der Waals surface area (Å²) in [5.74, 6) is 3.48. The molecule has 16 heavy (non-hydrogen) atoms. The Hall–Kier alpha value is -0.260. The van der Waals surface area contributed by atoms with Gasteiger partial charge in [0.05, 0.1) is 0 Å². The molecule has 1 fully saturated rings. The second-order valence-electron chi connectivity index (χ2n) is 6.03. The topological polar surface area (TPSA) is 0 Å². The maximum absolute atomic E-state index is 4.22. The minimum Gasteiger partial charge on any atom is -0.0999 e. The van der Waals surface area contributed by atoms with E-state index in [-0.39, 0.29) is 0 Å². The monoisotopic (exact) mass is 222 g/mol. The van der Waals surface area contributed by atoms with Gasteiger partial charge < -0.3 is 0 Å². The Balaban J connectivity index is 2.63. The van der Waals surface area contributed by atoms with Crippen LogP contribution >= 0.6 is 0 Å². The molecule has 0 nitrogen and oxygen atoms in total. The van der Waals surface area contributed by atoms with Gasteiger partial charge in [-0.1, -0.05) is 58.6 Å². The molecule has 0 heterocycles. The quantitative estimate of drug-likeness (QED) is 0.543. The van der Waals surface area contributed by atoms with Crippen LogP contribution in [0.15, 0.2) is 12.2 Å². The Kier molecular flexibility index (Phi) is 5.58. The lowest BCUT2D eigenvalue weighted by Gasteiger charge is -2.38. The Morgan fingerprint density at radius 1 is 1.25 bits per heavy atom.